The van der Waals surface area contributed by atoms with Crippen LogP contribution in [-0.2, 0) is 0 Å². The van der Waals surface area contributed by atoms with E-state index in [1.807, 2.05) is 13.0 Å². The van der Waals surface area contributed by atoms with Crippen LogP contribution in [0, 0.1) is 12.3 Å². The van der Waals surface area contributed by atoms with Gasteiger partial charge in [-0.1, -0.05) is 11.6 Å². The van der Waals surface area contributed by atoms with Crippen molar-refractivity contribution in [2.45, 2.75) is 45.1 Å². The van der Waals surface area contributed by atoms with Crippen molar-refractivity contribution in [1.82, 2.24) is 25.5 Å². The van der Waals surface area contributed by atoms with E-state index in [-0.39, 0.29) is 0 Å². The van der Waals surface area contributed by atoms with Gasteiger partial charge in [0.05, 0.1) is 6.20 Å². The summed E-state index contributed by atoms with van der Waals surface area (Å²) >= 11 is 6.28. The van der Waals surface area contributed by atoms with Gasteiger partial charge in [-0.3, -0.25) is 5.10 Å². The first-order valence-electron chi connectivity index (χ1n) is 9.30. The minimum Gasteiger partial charge on any atom is -0.341 e. The normalized spacial score (nSPS) is 25.6. The van der Waals surface area contributed by atoms with Crippen molar-refractivity contribution >= 4 is 29.2 Å². The monoisotopic (exact) mass is 375 g/mol. The fourth-order valence-electron chi connectivity index (χ4n) is 4.31. The second-order valence-electron chi connectivity index (χ2n) is 7.72. The molecule has 2 fully saturated rings. The van der Waals surface area contributed by atoms with Gasteiger partial charge in [-0.25, -0.2) is 4.98 Å². The lowest BCUT2D eigenvalue weighted by molar-refractivity contribution is 0.213. The quantitative estimate of drug-likeness (QED) is 0.760. The summed E-state index contributed by atoms with van der Waals surface area (Å²) in [7, 11) is 2.09. The second kappa shape index (κ2) is 7.04. The molecule has 1 spiro atoms. The topological polar surface area (TPSA) is 81.8 Å². The van der Waals surface area contributed by atoms with Gasteiger partial charge >= 0.3 is 0 Å². The van der Waals surface area contributed by atoms with Gasteiger partial charge in [0.1, 0.15) is 5.02 Å². The molecular formula is C18H26ClN7. The van der Waals surface area contributed by atoms with Crippen LogP contribution in [0.1, 0.15) is 37.8 Å². The van der Waals surface area contributed by atoms with Gasteiger partial charge in [0.25, 0.3) is 0 Å². The number of nitrogens with zero attached hydrogens (tertiary/aromatic N) is 4. The molecule has 2 unspecified atom stereocenters. The Hall–Kier alpha value is -1.86. The van der Waals surface area contributed by atoms with Crippen molar-refractivity contribution < 1.29 is 0 Å². The van der Waals surface area contributed by atoms with Crippen LogP contribution >= 0.6 is 11.6 Å². The smallest absolute Gasteiger partial charge is 0.227 e. The van der Waals surface area contributed by atoms with E-state index < -0.39 is 0 Å². The summed E-state index contributed by atoms with van der Waals surface area (Å²) in [5.41, 5.74) is 1.43. The van der Waals surface area contributed by atoms with Crippen LogP contribution < -0.4 is 15.5 Å². The third kappa shape index (κ3) is 3.50. The number of rotatable bonds is 4. The molecule has 8 heteroatoms. The number of hydrogen-bond acceptors (Lipinski definition) is 6. The zero-order valence-electron chi connectivity index (χ0n) is 15.3. The van der Waals surface area contributed by atoms with Gasteiger partial charge in [-0.05, 0) is 51.0 Å². The van der Waals surface area contributed by atoms with Crippen LogP contribution in [0.3, 0.4) is 0 Å². The molecule has 1 saturated heterocycles. The minimum absolute atomic E-state index is 0.456. The van der Waals surface area contributed by atoms with Crippen molar-refractivity contribution in [3.8, 4) is 0 Å². The summed E-state index contributed by atoms with van der Waals surface area (Å²) in [6.07, 6.45) is 7.94. The van der Waals surface area contributed by atoms with Gasteiger partial charge in [0.15, 0.2) is 11.6 Å². The summed E-state index contributed by atoms with van der Waals surface area (Å²) in [6, 6.07) is 2.38. The molecule has 0 bridgehead atoms. The first kappa shape index (κ1) is 17.5. The molecule has 1 aliphatic heterocycles. The number of hydrogen-bond donors (Lipinski definition) is 3. The molecule has 7 nitrogen and oxygen atoms in total. The van der Waals surface area contributed by atoms with Crippen LogP contribution in [-0.4, -0.2) is 46.3 Å². The molecule has 2 atom stereocenters. The van der Waals surface area contributed by atoms with Crippen molar-refractivity contribution in [2.24, 2.45) is 5.41 Å². The zero-order chi connectivity index (χ0) is 18.1. The Morgan fingerprint density at radius 1 is 1.38 bits per heavy atom. The van der Waals surface area contributed by atoms with E-state index in [4.69, 9.17) is 11.6 Å². The number of aromatic amines is 1. The number of aryl methyl sites for hydroxylation is 1. The Morgan fingerprint density at radius 2 is 2.27 bits per heavy atom. The molecule has 3 heterocycles. The summed E-state index contributed by atoms with van der Waals surface area (Å²) < 4.78 is 0. The molecule has 1 aliphatic carbocycles. The van der Waals surface area contributed by atoms with E-state index in [2.05, 4.69) is 42.7 Å². The Bertz CT molecular complexity index is 769. The molecule has 1 saturated carbocycles. The third-order valence-corrected chi connectivity index (χ3v) is 6.06. The summed E-state index contributed by atoms with van der Waals surface area (Å²) in [5.74, 6) is 1.99. The molecule has 0 aromatic carbocycles. The second-order valence-corrected chi connectivity index (χ2v) is 8.12. The Kier molecular flexibility index (Phi) is 4.75. The molecule has 2 aromatic rings. The van der Waals surface area contributed by atoms with Crippen LogP contribution in [0.5, 0.6) is 0 Å². The highest BCUT2D eigenvalue weighted by molar-refractivity contribution is 6.32. The maximum Gasteiger partial charge on any atom is 0.227 e. The van der Waals surface area contributed by atoms with Crippen LogP contribution in [0.2, 0.25) is 5.02 Å². The Balaban J connectivity index is 1.49. The average Bonchev–Trinajstić information content (AvgIpc) is 3.23. The average molecular weight is 376 g/mol. The summed E-state index contributed by atoms with van der Waals surface area (Å²) in [4.78, 5) is 11.3. The highest BCUT2D eigenvalue weighted by atomic mass is 35.5. The minimum atomic E-state index is 0.456. The third-order valence-electron chi connectivity index (χ3n) is 5.78. The summed E-state index contributed by atoms with van der Waals surface area (Å²) in [6.45, 7) is 4.25. The van der Waals surface area contributed by atoms with Crippen LogP contribution in [0.25, 0.3) is 0 Å². The predicted molar refractivity (Wildman–Crippen MR) is 104 cm³/mol. The maximum absolute atomic E-state index is 6.28. The van der Waals surface area contributed by atoms with Crippen molar-refractivity contribution in [1.29, 1.82) is 0 Å². The van der Waals surface area contributed by atoms with E-state index in [9.17, 15) is 0 Å². The van der Waals surface area contributed by atoms with E-state index >= 15 is 0 Å². The van der Waals surface area contributed by atoms with Gasteiger partial charge in [-0.2, -0.15) is 10.1 Å². The molecule has 2 aliphatic rings. The van der Waals surface area contributed by atoms with Gasteiger partial charge in [0, 0.05) is 31.4 Å². The van der Waals surface area contributed by atoms with E-state index in [0.29, 0.717) is 34.1 Å². The number of halogens is 1. The molecule has 0 radical (unpaired) electrons. The fraction of sp³-hybridized carbons (Fsp3) is 0.611. The molecular weight excluding hydrogens is 350 g/mol. The van der Waals surface area contributed by atoms with E-state index in [0.717, 1.165) is 18.8 Å². The first-order valence-corrected chi connectivity index (χ1v) is 9.68. The molecule has 4 rings (SSSR count). The lowest BCUT2D eigenvalue weighted by Gasteiger charge is -2.35. The summed E-state index contributed by atoms with van der Waals surface area (Å²) in [5, 5.41) is 14.3. The number of nitrogens with one attached hydrogen (secondary N) is 3. The Labute approximate surface area is 158 Å². The highest BCUT2D eigenvalue weighted by Gasteiger charge is 2.41. The van der Waals surface area contributed by atoms with Gasteiger partial charge in [-0.15, -0.1) is 0 Å². The predicted octanol–water partition coefficient (Wildman–Crippen LogP) is 3.26. The number of aromatic nitrogens is 4. The van der Waals surface area contributed by atoms with Crippen molar-refractivity contribution in [3.63, 3.8) is 0 Å². The molecule has 140 valence electrons. The van der Waals surface area contributed by atoms with E-state index in [1.54, 1.807) is 6.20 Å². The molecule has 3 N–H and O–H groups in total. The maximum atomic E-state index is 6.28. The van der Waals surface area contributed by atoms with Crippen molar-refractivity contribution in [3.05, 3.63) is 23.0 Å². The number of piperidine rings is 1. The first-order chi connectivity index (χ1) is 12.5. The van der Waals surface area contributed by atoms with Crippen molar-refractivity contribution in [2.75, 3.05) is 30.4 Å². The number of H-pyrrole nitrogens is 1. The fourth-order valence-corrected chi connectivity index (χ4v) is 4.45. The van der Waals surface area contributed by atoms with Gasteiger partial charge in [0.2, 0.25) is 5.95 Å². The Morgan fingerprint density at radius 3 is 3.00 bits per heavy atom. The largest absolute Gasteiger partial charge is 0.341 e. The van der Waals surface area contributed by atoms with Crippen LogP contribution in [0.15, 0.2) is 12.3 Å². The van der Waals surface area contributed by atoms with Crippen LogP contribution in [0.4, 0.5) is 17.6 Å². The molecule has 2 aromatic heterocycles. The molecule has 26 heavy (non-hydrogen) atoms. The number of anilines is 3. The van der Waals surface area contributed by atoms with Gasteiger partial charge < -0.3 is 15.5 Å². The zero-order valence-corrected chi connectivity index (χ0v) is 16.1. The van der Waals surface area contributed by atoms with E-state index in [1.165, 1.54) is 32.1 Å². The lowest BCUT2D eigenvalue weighted by atomic mass is 9.79. The SMILES string of the molecule is Cc1cc(Nc2nc(N(C)C3CCC4(CCCNC4)C3)ncc2Cl)n[nH]1. The molecule has 0 amide bonds. The highest BCUT2D eigenvalue weighted by Crippen LogP contribution is 2.45. The standard InChI is InChI=1S/C18H26ClN7/c1-12-8-15(25-24-12)22-16-14(19)10-21-17(23-16)26(2)13-4-6-18(9-13)5-3-7-20-11-18/h8,10,13,20H,3-7,9,11H2,1-2H3,(H2,21,22,23,24,25). The lowest BCUT2D eigenvalue weighted by Crippen LogP contribution is -2.40.